The van der Waals surface area contributed by atoms with E-state index in [1.807, 2.05) is 0 Å². The lowest BCUT2D eigenvalue weighted by Gasteiger charge is -2.22. The first-order valence-corrected chi connectivity index (χ1v) is 7.84. The second-order valence-corrected chi connectivity index (χ2v) is 6.29. The Balaban J connectivity index is 2.83. The van der Waals surface area contributed by atoms with Crippen molar-refractivity contribution in [3.63, 3.8) is 0 Å². The molecule has 1 unspecified atom stereocenters. The third kappa shape index (κ3) is 4.74. The van der Waals surface area contributed by atoms with Crippen LogP contribution in [0.5, 0.6) is 0 Å². The monoisotopic (exact) mass is 311 g/mol. The lowest BCUT2D eigenvalue weighted by atomic mass is 9.94. The summed E-state index contributed by atoms with van der Waals surface area (Å²) in [5.41, 5.74) is 2.81. The quantitative estimate of drug-likeness (QED) is 0.726. The molecule has 0 heterocycles. The van der Waals surface area contributed by atoms with Gasteiger partial charge in [-0.05, 0) is 55.8 Å². The number of rotatable bonds is 7. The van der Waals surface area contributed by atoms with Crippen LogP contribution in [0.15, 0.2) is 22.7 Å². The van der Waals surface area contributed by atoms with Gasteiger partial charge in [-0.15, -0.1) is 0 Å². The zero-order valence-corrected chi connectivity index (χ0v) is 13.7. The summed E-state index contributed by atoms with van der Waals surface area (Å²) in [6, 6.07) is 7.01. The van der Waals surface area contributed by atoms with E-state index in [9.17, 15) is 0 Å². The summed E-state index contributed by atoms with van der Waals surface area (Å²) in [5, 5.41) is 3.69. The summed E-state index contributed by atoms with van der Waals surface area (Å²) >= 11 is 3.63. The summed E-state index contributed by atoms with van der Waals surface area (Å²) < 4.78 is 1.22. The van der Waals surface area contributed by atoms with Crippen LogP contribution in [0, 0.1) is 12.8 Å². The van der Waals surface area contributed by atoms with Crippen LogP contribution < -0.4 is 5.32 Å². The molecule has 0 aliphatic carbocycles. The zero-order valence-electron chi connectivity index (χ0n) is 12.1. The molecule has 0 saturated carbocycles. The van der Waals surface area contributed by atoms with Crippen LogP contribution in [0.4, 0.5) is 0 Å². The van der Waals surface area contributed by atoms with Gasteiger partial charge in [0.1, 0.15) is 0 Å². The van der Waals surface area contributed by atoms with E-state index in [0.29, 0.717) is 6.04 Å². The molecule has 1 nitrogen and oxygen atoms in total. The maximum Gasteiger partial charge on any atom is 0.0323 e. The van der Waals surface area contributed by atoms with Crippen molar-refractivity contribution in [1.29, 1.82) is 0 Å². The van der Waals surface area contributed by atoms with Gasteiger partial charge < -0.3 is 5.32 Å². The molecule has 102 valence electrons. The first kappa shape index (κ1) is 15.7. The number of benzene rings is 1. The van der Waals surface area contributed by atoms with Crippen LogP contribution in [0.3, 0.4) is 0 Å². The minimum Gasteiger partial charge on any atom is -0.310 e. The highest BCUT2D eigenvalue weighted by atomic mass is 79.9. The Morgan fingerprint density at radius 3 is 2.56 bits per heavy atom. The van der Waals surface area contributed by atoms with Crippen LogP contribution in [-0.4, -0.2) is 6.54 Å². The van der Waals surface area contributed by atoms with E-state index in [-0.39, 0.29) is 0 Å². The van der Waals surface area contributed by atoms with Gasteiger partial charge in [0, 0.05) is 10.5 Å². The average molecular weight is 312 g/mol. The molecule has 1 rings (SSSR count). The van der Waals surface area contributed by atoms with E-state index in [2.05, 4.69) is 67.1 Å². The SMILES string of the molecule is CCCNC(CCC(C)C)c1cccc(Br)c1C. The van der Waals surface area contributed by atoms with Crippen molar-refractivity contribution >= 4 is 15.9 Å². The highest BCUT2D eigenvalue weighted by Crippen LogP contribution is 2.28. The van der Waals surface area contributed by atoms with Crippen LogP contribution in [0.1, 0.15) is 57.2 Å². The maximum absolute atomic E-state index is 3.69. The molecule has 0 radical (unpaired) electrons. The highest BCUT2D eigenvalue weighted by Gasteiger charge is 2.14. The van der Waals surface area contributed by atoms with Crippen molar-refractivity contribution in [2.75, 3.05) is 6.54 Å². The molecule has 0 fully saturated rings. The standard InChI is InChI=1S/C16H26BrN/c1-5-11-18-16(10-9-12(2)3)14-7-6-8-15(17)13(14)4/h6-8,12,16,18H,5,9-11H2,1-4H3. The van der Waals surface area contributed by atoms with E-state index in [1.54, 1.807) is 0 Å². The van der Waals surface area contributed by atoms with Gasteiger partial charge in [-0.3, -0.25) is 0 Å². The number of hydrogen-bond acceptors (Lipinski definition) is 1. The Kier molecular flexibility index (Phi) is 6.95. The van der Waals surface area contributed by atoms with E-state index in [0.717, 1.165) is 12.5 Å². The van der Waals surface area contributed by atoms with Crippen molar-refractivity contribution in [3.05, 3.63) is 33.8 Å². The van der Waals surface area contributed by atoms with Crippen LogP contribution in [-0.2, 0) is 0 Å². The molecule has 1 N–H and O–H groups in total. The lowest BCUT2D eigenvalue weighted by molar-refractivity contribution is 0.439. The van der Waals surface area contributed by atoms with Crippen molar-refractivity contribution in [2.45, 2.75) is 53.0 Å². The molecule has 0 saturated heterocycles. The second kappa shape index (κ2) is 7.96. The zero-order chi connectivity index (χ0) is 13.5. The molecule has 1 aromatic rings. The molecular weight excluding hydrogens is 286 g/mol. The molecule has 0 aliphatic rings. The molecule has 1 aromatic carbocycles. The molecule has 0 bridgehead atoms. The Labute approximate surface area is 120 Å². The summed E-state index contributed by atoms with van der Waals surface area (Å²) in [4.78, 5) is 0. The van der Waals surface area contributed by atoms with Crippen molar-refractivity contribution in [1.82, 2.24) is 5.32 Å². The van der Waals surface area contributed by atoms with Gasteiger partial charge in [0.05, 0.1) is 0 Å². The molecule has 0 spiro atoms. The predicted octanol–water partition coefficient (Wildman–Crippen LogP) is 5.23. The highest BCUT2D eigenvalue weighted by molar-refractivity contribution is 9.10. The smallest absolute Gasteiger partial charge is 0.0323 e. The topological polar surface area (TPSA) is 12.0 Å². The van der Waals surface area contributed by atoms with E-state index in [1.165, 1.54) is 34.9 Å². The van der Waals surface area contributed by atoms with Crippen LogP contribution in [0.2, 0.25) is 0 Å². The van der Waals surface area contributed by atoms with Crippen LogP contribution >= 0.6 is 15.9 Å². The first-order chi connectivity index (χ1) is 8.56. The van der Waals surface area contributed by atoms with E-state index in [4.69, 9.17) is 0 Å². The minimum atomic E-state index is 0.491. The largest absolute Gasteiger partial charge is 0.310 e. The Bertz CT molecular complexity index is 360. The predicted molar refractivity (Wildman–Crippen MR) is 84.0 cm³/mol. The number of hydrogen-bond donors (Lipinski definition) is 1. The van der Waals surface area contributed by atoms with E-state index < -0.39 is 0 Å². The van der Waals surface area contributed by atoms with Gasteiger partial charge in [-0.1, -0.05) is 48.8 Å². The fourth-order valence-corrected chi connectivity index (χ4v) is 2.57. The van der Waals surface area contributed by atoms with Crippen molar-refractivity contribution < 1.29 is 0 Å². The molecule has 18 heavy (non-hydrogen) atoms. The molecular formula is C16H26BrN. The maximum atomic E-state index is 3.69. The first-order valence-electron chi connectivity index (χ1n) is 7.04. The normalized spacial score (nSPS) is 13.0. The Morgan fingerprint density at radius 1 is 1.22 bits per heavy atom. The fraction of sp³-hybridized carbons (Fsp3) is 0.625. The molecule has 2 heteroatoms. The van der Waals surface area contributed by atoms with E-state index >= 15 is 0 Å². The third-order valence-corrected chi connectivity index (χ3v) is 4.22. The summed E-state index contributed by atoms with van der Waals surface area (Å²) in [6.07, 6.45) is 3.67. The number of nitrogens with one attached hydrogen (secondary N) is 1. The lowest BCUT2D eigenvalue weighted by Crippen LogP contribution is -2.23. The molecule has 0 aliphatic heterocycles. The van der Waals surface area contributed by atoms with Gasteiger partial charge in [-0.25, -0.2) is 0 Å². The summed E-state index contributed by atoms with van der Waals surface area (Å²) in [6.45, 7) is 10.1. The Hall–Kier alpha value is -0.340. The van der Waals surface area contributed by atoms with Crippen molar-refractivity contribution in [3.8, 4) is 0 Å². The van der Waals surface area contributed by atoms with Gasteiger partial charge in [0.2, 0.25) is 0 Å². The second-order valence-electron chi connectivity index (χ2n) is 5.43. The average Bonchev–Trinajstić information content (AvgIpc) is 2.33. The van der Waals surface area contributed by atoms with Gasteiger partial charge in [-0.2, -0.15) is 0 Å². The Morgan fingerprint density at radius 2 is 1.94 bits per heavy atom. The van der Waals surface area contributed by atoms with Crippen LogP contribution in [0.25, 0.3) is 0 Å². The fourth-order valence-electron chi connectivity index (χ4n) is 2.19. The van der Waals surface area contributed by atoms with Gasteiger partial charge in [0.15, 0.2) is 0 Å². The third-order valence-electron chi connectivity index (χ3n) is 3.36. The molecule has 1 atom stereocenters. The molecule has 0 amide bonds. The minimum absolute atomic E-state index is 0.491. The van der Waals surface area contributed by atoms with Gasteiger partial charge >= 0.3 is 0 Å². The van der Waals surface area contributed by atoms with Gasteiger partial charge in [0.25, 0.3) is 0 Å². The summed E-state index contributed by atoms with van der Waals surface area (Å²) in [5.74, 6) is 0.767. The summed E-state index contributed by atoms with van der Waals surface area (Å²) in [7, 11) is 0. The number of halogens is 1. The van der Waals surface area contributed by atoms with Crippen molar-refractivity contribution in [2.24, 2.45) is 5.92 Å². The molecule has 0 aromatic heterocycles.